The molecule has 26 heavy (non-hydrogen) atoms. The molecule has 2 aromatic carbocycles. The molecule has 0 aliphatic carbocycles. The van der Waals surface area contributed by atoms with Gasteiger partial charge in [0.25, 0.3) is 0 Å². The minimum Gasteiger partial charge on any atom is -0.497 e. The van der Waals surface area contributed by atoms with Crippen molar-refractivity contribution in [2.75, 3.05) is 17.7 Å². The van der Waals surface area contributed by atoms with Gasteiger partial charge in [0.1, 0.15) is 5.75 Å². The summed E-state index contributed by atoms with van der Waals surface area (Å²) < 4.78 is 7.15. The fraction of sp³-hybridized carbons (Fsp3) is 0.200. The van der Waals surface area contributed by atoms with Gasteiger partial charge in [-0.05, 0) is 55.9 Å². The molecule has 0 amide bonds. The first-order valence-electron chi connectivity index (χ1n) is 8.37. The maximum absolute atomic E-state index is 5.45. The summed E-state index contributed by atoms with van der Waals surface area (Å²) in [6.45, 7) is 4.75. The third-order valence-electron chi connectivity index (χ3n) is 4.14. The molecule has 0 bridgehead atoms. The molecule has 0 fully saturated rings. The largest absolute Gasteiger partial charge is 0.497 e. The van der Waals surface area contributed by atoms with Crippen molar-refractivity contribution in [1.29, 1.82) is 0 Å². The van der Waals surface area contributed by atoms with E-state index in [1.54, 1.807) is 7.11 Å². The maximum atomic E-state index is 5.45. The lowest BCUT2D eigenvalue weighted by atomic mass is 10.2. The van der Waals surface area contributed by atoms with Crippen LogP contribution in [0.1, 0.15) is 17.0 Å². The minimum atomic E-state index is 0.528. The lowest BCUT2D eigenvalue weighted by Crippen LogP contribution is -2.20. The molecular formula is C20H22N4OS. The number of methoxy groups -OCH3 is 1. The summed E-state index contributed by atoms with van der Waals surface area (Å²) in [6, 6.07) is 17.9. The number of rotatable bonds is 5. The van der Waals surface area contributed by atoms with Crippen LogP contribution in [0.25, 0.3) is 0 Å². The highest BCUT2D eigenvalue weighted by atomic mass is 32.1. The predicted molar refractivity (Wildman–Crippen MR) is 110 cm³/mol. The van der Waals surface area contributed by atoms with Gasteiger partial charge >= 0.3 is 0 Å². The van der Waals surface area contributed by atoms with Gasteiger partial charge in [0.2, 0.25) is 0 Å². The molecule has 5 nitrogen and oxygen atoms in total. The van der Waals surface area contributed by atoms with E-state index in [2.05, 4.69) is 27.9 Å². The van der Waals surface area contributed by atoms with Crippen LogP contribution < -0.4 is 15.4 Å². The van der Waals surface area contributed by atoms with Crippen molar-refractivity contribution < 1.29 is 4.74 Å². The van der Waals surface area contributed by atoms with E-state index < -0.39 is 0 Å². The van der Waals surface area contributed by atoms with Crippen LogP contribution in [0.3, 0.4) is 0 Å². The van der Waals surface area contributed by atoms with Crippen LogP contribution in [-0.2, 0) is 6.54 Å². The molecule has 6 heteroatoms. The van der Waals surface area contributed by atoms with Crippen LogP contribution in [0.2, 0.25) is 0 Å². The van der Waals surface area contributed by atoms with Gasteiger partial charge in [-0.15, -0.1) is 0 Å². The van der Waals surface area contributed by atoms with E-state index in [4.69, 9.17) is 17.0 Å². The van der Waals surface area contributed by atoms with Crippen molar-refractivity contribution in [2.24, 2.45) is 0 Å². The Morgan fingerprint density at radius 1 is 1.04 bits per heavy atom. The number of aromatic nitrogens is 2. The molecule has 0 aliphatic rings. The molecule has 0 radical (unpaired) electrons. The van der Waals surface area contributed by atoms with E-state index in [1.165, 1.54) is 5.56 Å². The quantitative estimate of drug-likeness (QED) is 0.657. The maximum Gasteiger partial charge on any atom is 0.175 e. The molecule has 2 N–H and O–H groups in total. The summed E-state index contributed by atoms with van der Waals surface area (Å²) in [5.41, 5.74) is 5.01. The molecular weight excluding hydrogens is 344 g/mol. The molecule has 134 valence electrons. The lowest BCUT2D eigenvalue weighted by molar-refractivity contribution is 0.415. The summed E-state index contributed by atoms with van der Waals surface area (Å²) in [5, 5.41) is 11.6. The fourth-order valence-corrected chi connectivity index (χ4v) is 2.96. The van der Waals surface area contributed by atoms with Gasteiger partial charge in [-0.3, -0.25) is 4.68 Å². The first-order chi connectivity index (χ1) is 12.6. The molecule has 0 saturated carbocycles. The molecule has 3 aromatic rings. The summed E-state index contributed by atoms with van der Waals surface area (Å²) in [5.74, 6) is 0.809. The van der Waals surface area contributed by atoms with Crippen molar-refractivity contribution in [3.63, 3.8) is 0 Å². The normalized spacial score (nSPS) is 10.4. The zero-order valence-corrected chi connectivity index (χ0v) is 15.9. The van der Waals surface area contributed by atoms with Gasteiger partial charge in [-0.25, -0.2) is 0 Å². The van der Waals surface area contributed by atoms with Gasteiger partial charge in [-0.2, -0.15) is 5.10 Å². The molecule has 0 saturated heterocycles. The van der Waals surface area contributed by atoms with E-state index in [9.17, 15) is 0 Å². The number of anilines is 2. The van der Waals surface area contributed by atoms with Crippen LogP contribution in [0.15, 0.2) is 54.6 Å². The highest BCUT2D eigenvalue weighted by Gasteiger charge is 2.13. The van der Waals surface area contributed by atoms with Crippen LogP contribution >= 0.6 is 12.2 Å². The van der Waals surface area contributed by atoms with E-state index in [0.29, 0.717) is 5.11 Å². The van der Waals surface area contributed by atoms with Crippen molar-refractivity contribution in [1.82, 2.24) is 9.78 Å². The number of nitrogens with one attached hydrogen (secondary N) is 2. The van der Waals surface area contributed by atoms with E-state index in [1.807, 2.05) is 61.0 Å². The van der Waals surface area contributed by atoms with E-state index >= 15 is 0 Å². The van der Waals surface area contributed by atoms with Gasteiger partial charge in [0.05, 0.1) is 30.7 Å². The molecule has 0 atom stereocenters. The number of nitrogens with zero attached hydrogens (tertiary/aromatic N) is 2. The Labute approximate surface area is 159 Å². The summed E-state index contributed by atoms with van der Waals surface area (Å²) >= 11 is 5.45. The Balaban J connectivity index is 1.69. The van der Waals surface area contributed by atoms with E-state index in [0.717, 1.165) is 35.1 Å². The van der Waals surface area contributed by atoms with Gasteiger partial charge in [0, 0.05) is 5.69 Å². The average Bonchev–Trinajstić information content (AvgIpc) is 2.90. The Morgan fingerprint density at radius 2 is 1.73 bits per heavy atom. The summed E-state index contributed by atoms with van der Waals surface area (Å²) in [7, 11) is 1.65. The van der Waals surface area contributed by atoms with Crippen LogP contribution in [0, 0.1) is 13.8 Å². The standard InChI is InChI=1S/C20H22N4OS/c1-14-19(15(2)24(23-14)13-16-7-5-4-6-8-16)22-20(26)21-17-9-11-18(25-3)12-10-17/h4-12H,13H2,1-3H3,(H2,21,22,26). The molecule has 1 aromatic heterocycles. The Bertz CT molecular complexity index is 888. The average molecular weight is 366 g/mol. The van der Waals surface area contributed by atoms with Crippen LogP contribution in [-0.4, -0.2) is 22.0 Å². The molecule has 3 rings (SSSR count). The number of hydrogen-bond donors (Lipinski definition) is 2. The molecule has 0 aliphatic heterocycles. The van der Waals surface area contributed by atoms with Crippen molar-refractivity contribution in [3.8, 4) is 5.75 Å². The first-order valence-corrected chi connectivity index (χ1v) is 8.77. The number of hydrogen-bond acceptors (Lipinski definition) is 3. The zero-order chi connectivity index (χ0) is 18.5. The first kappa shape index (κ1) is 17.9. The minimum absolute atomic E-state index is 0.528. The fourth-order valence-electron chi connectivity index (χ4n) is 2.74. The molecule has 0 spiro atoms. The predicted octanol–water partition coefficient (Wildman–Crippen LogP) is 4.37. The smallest absolute Gasteiger partial charge is 0.175 e. The Kier molecular flexibility index (Phi) is 5.53. The number of benzene rings is 2. The van der Waals surface area contributed by atoms with E-state index in [-0.39, 0.29) is 0 Å². The van der Waals surface area contributed by atoms with Gasteiger partial charge < -0.3 is 15.4 Å². The molecule has 0 unspecified atom stereocenters. The SMILES string of the molecule is COc1ccc(NC(=S)Nc2c(C)nn(Cc3ccccc3)c2C)cc1. The van der Waals surface area contributed by atoms with Gasteiger partial charge in [-0.1, -0.05) is 30.3 Å². The topological polar surface area (TPSA) is 51.1 Å². The lowest BCUT2D eigenvalue weighted by Gasteiger charge is -2.12. The molecule has 1 heterocycles. The van der Waals surface area contributed by atoms with Gasteiger partial charge in [0.15, 0.2) is 5.11 Å². The Hall–Kier alpha value is -2.86. The van der Waals surface area contributed by atoms with Crippen LogP contribution in [0.4, 0.5) is 11.4 Å². The second kappa shape index (κ2) is 8.01. The van der Waals surface area contributed by atoms with Crippen molar-refractivity contribution >= 4 is 28.7 Å². The third-order valence-corrected chi connectivity index (χ3v) is 4.35. The Morgan fingerprint density at radius 3 is 2.38 bits per heavy atom. The number of thiocarbonyl (C=S) groups is 1. The number of ether oxygens (including phenoxy) is 1. The highest BCUT2D eigenvalue weighted by Crippen LogP contribution is 2.21. The van der Waals surface area contributed by atoms with Crippen LogP contribution in [0.5, 0.6) is 5.75 Å². The second-order valence-corrected chi connectivity index (χ2v) is 6.40. The third kappa shape index (κ3) is 4.21. The summed E-state index contributed by atoms with van der Waals surface area (Å²) in [4.78, 5) is 0. The monoisotopic (exact) mass is 366 g/mol. The summed E-state index contributed by atoms with van der Waals surface area (Å²) in [6.07, 6.45) is 0. The highest BCUT2D eigenvalue weighted by molar-refractivity contribution is 7.80. The number of aryl methyl sites for hydroxylation is 1. The van der Waals surface area contributed by atoms with Crippen molar-refractivity contribution in [3.05, 3.63) is 71.5 Å². The zero-order valence-electron chi connectivity index (χ0n) is 15.1. The van der Waals surface area contributed by atoms with Crippen molar-refractivity contribution in [2.45, 2.75) is 20.4 Å². The second-order valence-electron chi connectivity index (χ2n) is 6.00.